The second-order valence-electron chi connectivity index (χ2n) is 5.24. The zero-order valence-corrected chi connectivity index (χ0v) is 15.4. The monoisotopic (exact) mass is 453 g/mol. The summed E-state index contributed by atoms with van der Waals surface area (Å²) in [6, 6.07) is 4.01. The molecule has 0 atom stereocenters. The molecule has 1 aliphatic carbocycles. The Kier molecular flexibility index (Phi) is 5.76. The summed E-state index contributed by atoms with van der Waals surface area (Å²) in [4.78, 5) is 0. The van der Waals surface area contributed by atoms with Gasteiger partial charge in [-0.05, 0) is 56.8 Å². The molecule has 2 nitrogen and oxygen atoms in total. The molecule has 0 aliphatic heterocycles. The molecule has 0 aromatic heterocycles. The number of anilines is 1. The van der Waals surface area contributed by atoms with Crippen molar-refractivity contribution in [2.24, 2.45) is 0 Å². The van der Waals surface area contributed by atoms with Gasteiger partial charge in [-0.2, -0.15) is 0 Å². The number of aliphatic hydroxyl groups is 1. The summed E-state index contributed by atoms with van der Waals surface area (Å²) in [5, 5.41) is 14.0. The van der Waals surface area contributed by atoms with E-state index in [2.05, 4.69) is 53.1 Å². The SMILES string of the molecule is OC1(CNc2c(Br)cc(Br)cc2Br)CCCCCC1. The van der Waals surface area contributed by atoms with Crippen molar-refractivity contribution in [3.05, 3.63) is 25.6 Å². The van der Waals surface area contributed by atoms with Crippen molar-refractivity contribution in [2.45, 2.75) is 44.1 Å². The van der Waals surface area contributed by atoms with Crippen molar-refractivity contribution in [1.82, 2.24) is 0 Å². The van der Waals surface area contributed by atoms with E-state index >= 15 is 0 Å². The van der Waals surface area contributed by atoms with E-state index in [4.69, 9.17) is 0 Å². The fourth-order valence-electron chi connectivity index (χ4n) is 2.53. The second-order valence-corrected chi connectivity index (χ2v) is 7.86. The highest BCUT2D eigenvalue weighted by Crippen LogP contribution is 2.35. The van der Waals surface area contributed by atoms with Crippen LogP contribution in [0.15, 0.2) is 25.6 Å². The van der Waals surface area contributed by atoms with Gasteiger partial charge in [-0.1, -0.05) is 41.6 Å². The highest BCUT2D eigenvalue weighted by Gasteiger charge is 2.28. The van der Waals surface area contributed by atoms with Crippen molar-refractivity contribution in [2.75, 3.05) is 11.9 Å². The molecule has 0 heterocycles. The summed E-state index contributed by atoms with van der Waals surface area (Å²) in [6.07, 6.45) is 6.53. The number of hydrogen-bond acceptors (Lipinski definition) is 2. The van der Waals surface area contributed by atoms with Crippen LogP contribution >= 0.6 is 47.8 Å². The Labute approximate surface area is 139 Å². The van der Waals surface area contributed by atoms with Gasteiger partial charge in [0.1, 0.15) is 0 Å². The first-order valence-corrected chi connectivity index (χ1v) is 8.99. The maximum Gasteiger partial charge on any atom is 0.0819 e. The third-order valence-corrected chi connectivity index (χ3v) is 5.34. The fourth-order valence-corrected chi connectivity index (χ4v) is 5.07. The second kappa shape index (κ2) is 6.92. The molecular formula is C14H18Br3NO. The maximum absolute atomic E-state index is 10.6. The van der Waals surface area contributed by atoms with Gasteiger partial charge in [0.25, 0.3) is 0 Å². The molecule has 106 valence electrons. The van der Waals surface area contributed by atoms with E-state index in [0.29, 0.717) is 6.54 Å². The lowest BCUT2D eigenvalue weighted by molar-refractivity contribution is 0.0381. The largest absolute Gasteiger partial charge is 0.388 e. The quantitative estimate of drug-likeness (QED) is 0.592. The van der Waals surface area contributed by atoms with Crippen molar-refractivity contribution in [3.63, 3.8) is 0 Å². The molecule has 1 aromatic rings. The molecule has 1 aliphatic rings. The lowest BCUT2D eigenvalue weighted by atomic mass is 9.94. The third kappa shape index (κ3) is 4.45. The average Bonchev–Trinajstić information content (AvgIpc) is 2.53. The number of nitrogens with one attached hydrogen (secondary N) is 1. The summed E-state index contributed by atoms with van der Waals surface area (Å²) in [5.74, 6) is 0. The van der Waals surface area contributed by atoms with Gasteiger partial charge < -0.3 is 10.4 Å². The highest BCUT2D eigenvalue weighted by atomic mass is 79.9. The predicted molar refractivity (Wildman–Crippen MR) is 90.7 cm³/mol. The smallest absolute Gasteiger partial charge is 0.0819 e. The van der Waals surface area contributed by atoms with Gasteiger partial charge in [-0.15, -0.1) is 0 Å². The highest BCUT2D eigenvalue weighted by molar-refractivity contribution is 9.11. The summed E-state index contributed by atoms with van der Waals surface area (Å²) < 4.78 is 3.00. The van der Waals surface area contributed by atoms with Crippen LogP contribution < -0.4 is 5.32 Å². The van der Waals surface area contributed by atoms with Gasteiger partial charge in [0, 0.05) is 20.0 Å². The fraction of sp³-hybridized carbons (Fsp3) is 0.571. The van der Waals surface area contributed by atoms with Crippen LogP contribution in [-0.4, -0.2) is 17.3 Å². The summed E-state index contributed by atoms with van der Waals surface area (Å²) in [6.45, 7) is 0.603. The average molecular weight is 456 g/mol. The van der Waals surface area contributed by atoms with Crippen LogP contribution in [-0.2, 0) is 0 Å². The van der Waals surface area contributed by atoms with Crippen LogP contribution in [0.2, 0.25) is 0 Å². The molecule has 1 saturated carbocycles. The summed E-state index contributed by atoms with van der Waals surface area (Å²) in [5.41, 5.74) is 0.434. The van der Waals surface area contributed by atoms with Crippen molar-refractivity contribution < 1.29 is 5.11 Å². The number of halogens is 3. The van der Waals surface area contributed by atoms with Crippen molar-refractivity contribution >= 4 is 53.5 Å². The Morgan fingerprint density at radius 3 is 2.05 bits per heavy atom. The molecule has 0 bridgehead atoms. The Bertz CT molecular complexity index is 419. The van der Waals surface area contributed by atoms with Gasteiger partial charge in [-0.3, -0.25) is 0 Å². The summed E-state index contributed by atoms with van der Waals surface area (Å²) in [7, 11) is 0. The molecule has 1 fully saturated rings. The van der Waals surface area contributed by atoms with E-state index in [1.807, 2.05) is 12.1 Å². The standard InChI is InChI=1S/C14H18Br3NO/c15-10-7-11(16)13(12(17)8-10)18-9-14(19)5-3-1-2-4-6-14/h7-8,18-19H,1-6,9H2. The third-order valence-electron chi connectivity index (χ3n) is 3.64. The van der Waals surface area contributed by atoms with E-state index in [1.165, 1.54) is 12.8 Å². The van der Waals surface area contributed by atoms with Crippen LogP contribution in [0.3, 0.4) is 0 Å². The molecule has 1 aromatic carbocycles. The van der Waals surface area contributed by atoms with Crippen LogP contribution in [0.1, 0.15) is 38.5 Å². The van der Waals surface area contributed by atoms with E-state index in [1.54, 1.807) is 0 Å². The Hall–Kier alpha value is 0.420. The van der Waals surface area contributed by atoms with Gasteiger partial charge in [0.15, 0.2) is 0 Å². The molecule has 2 rings (SSSR count). The first kappa shape index (κ1) is 15.8. The van der Waals surface area contributed by atoms with E-state index in [9.17, 15) is 5.11 Å². The summed E-state index contributed by atoms with van der Waals surface area (Å²) >= 11 is 10.6. The van der Waals surface area contributed by atoms with Gasteiger partial charge in [0.05, 0.1) is 11.3 Å². The zero-order valence-electron chi connectivity index (χ0n) is 10.7. The van der Waals surface area contributed by atoms with Gasteiger partial charge in [-0.25, -0.2) is 0 Å². The Morgan fingerprint density at radius 1 is 1.00 bits per heavy atom. The predicted octanol–water partition coefficient (Wildman–Crippen LogP) is 5.47. The molecule has 0 radical (unpaired) electrons. The normalized spacial score (nSPS) is 18.9. The molecule has 5 heteroatoms. The van der Waals surface area contributed by atoms with Gasteiger partial charge in [0.2, 0.25) is 0 Å². The first-order valence-electron chi connectivity index (χ1n) is 6.61. The van der Waals surface area contributed by atoms with Crippen LogP contribution in [0, 0.1) is 0 Å². The molecule has 2 N–H and O–H groups in total. The zero-order chi connectivity index (χ0) is 13.9. The van der Waals surface area contributed by atoms with E-state index in [-0.39, 0.29) is 0 Å². The Balaban J connectivity index is 2.05. The molecule has 19 heavy (non-hydrogen) atoms. The molecule has 0 amide bonds. The van der Waals surface area contributed by atoms with E-state index in [0.717, 1.165) is 44.8 Å². The minimum atomic E-state index is -0.567. The molecule has 0 spiro atoms. The topological polar surface area (TPSA) is 32.3 Å². The molecular weight excluding hydrogens is 438 g/mol. The molecule has 0 unspecified atom stereocenters. The Morgan fingerprint density at radius 2 is 1.53 bits per heavy atom. The van der Waals surface area contributed by atoms with Crippen LogP contribution in [0.5, 0.6) is 0 Å². The maximum atomic E-state index is 10.6. The molecule has 0 saturated heterocycles. The number of benzene rings is 1. The van der Waals surface area contributed by atoms with Gasteiger partial charge >= 0.3 is 0 Å². The minimum absolute atomic E-state index is 0.567. The first-order chi connectivity index (χ1) is 9.00. The lowest BCUT2D eigenvalue weighted by Crippen LogP contribution is -2.36. The van der Waals surface area contributed by atoms with Crippen molar-refractivity contribution in [3.8, 4) is 0 Å². The lowest BCUT2D eigenvalue weighted by Gasteiger charge is -2.28. The van der Waals surface area contributed by atoms with Crippen molar-refractivity contribution in [1.29, 1.82) is 0 Å². The number of hydrogen-bond donors (Lipinski definition) is 2. The van der Waals surface area contributed by atoms with E-state index < -0.39 is 5.60 Å². The minimum Gasteiger partial charge on any atom is -0.388 e. The number of rotatable bonds is 3. The van der Waals surface area contributed by atoms with Crippen LogP contribution in [0.25, 0.3) is 0 Å². The van der Waals surface area contributed by atoms with Crippen LogP contribution in [0.4, 0.5) is 5.69 Å².